The molecule has 0 bridgehead atoms. The zero-order valence-corrected chi connectivity index (χ0v) is 14.8. The number of nitrogens with zero attached hydrogens (tertiary/aromatic N) is 2. The molecule has 0 atom stereocenters. The van der Waals surface area contributed by atoms with Crippen molar-refractivity contribution >= 4 is 22.5 Å². The summed E-state index contributed by atoms with van der Waals surface area (Å²) in [6.45, 7) is 3.15. The first-order chi connectivity index (χ1) is 12.3. The Balaban J connectivity index is 1.39. The Morgan fingerprint density at radius 3 is 2.64 bits per heavy atom. The number of aromatic nitrogens is 1. The molecule has 2 aromatic carbocycles. The molecule has 3 aromatic rings. The lowest BCUT2D eigenvalue weighted by Gasteiger charge is -2.32. The van der Waals surface area contributed by atoms with E-state index in [4.69, 9.17) is 16.3 Å². The fourth-order valence-corrected chi connectivity index (χ4v) is 3.57. The van der Waals surface area contributed by atoms with Crippen molar-refractivity contribution < 1.29 is 4.74 Å². The van der Waals surface area contributed by atoms with Gasteiger partial charge in [-0.1, -0.05) is 41.9 Å². The summed E-state index contributed by atoms with van der Waals surface area (Å²) in [7, 11) is 0. The molecule has 1 aliphatic rings. The number of pyridine rings is 1. The number of ether oxygens (including phenoxy) is 1. The second kappa shape index (κ2) is 7.42. The van der Waals surface area contributed by atoms with Crippen molar-refractivity contribution in [3.05, 3.63) is 71.4 Å². The van der Waals surface area contributed by atoms with Gasteiger partial charge >= 0.3 is 0 Å². The number of benzene rings is 2. The minimum absolute atomic E-state index is 0.258. The van der Waals surface area contributed by atoms with Gasteiger partial charge in [-0.3, -0.25) is 9.88 Å². The summed E-state index contributed by atoms with van der Waals surface area (Å²) >= 11 is 6.06. The summed E-state index contributed by atoms with van der Waals surface area (Å²) < 4.78 is 6.30. The van der Waals surface area contributed by atoms with E-state index in [1.165, 1.54) is 5.56 Å². The van der Waals surface area contributed by atoms with Crippen LogP contribution in [0.3, 0.4) is 0 Å². The van der Waals surface area contributed by atoms with Crippen LogP contribution in [0.15, 0.2) is 60.8 Å². The lowest BCUT2D eigenvalue weighted by Crippen LogP contribution is -2.37. The Morgan fingerprint density at radius 1 is 1.04 bits per heavy atom. The number of fused-ring (bicyclic) bond motifs is 1. The van der Waals surface area contributed by atoms with Crippen molar-refractivity contribution in [1.82, 2.24) is 9.88 Å². The van der Waals surface area contributed by atoms with E-state index in [-0.39, 0.29) is 6.10 Å². The Labute approximate surface area is 153 Å². The van der Waals surface area contributed by atoms with Crippen LogP contribution in [0, 0.1) is 0 Å². The van der Waals surface area contributed by atoms with Crippen LogP contribution in [0.5, 0.6) is 5.75 Å². The van der Waals surface area contributed by atoms with E-state index < -0.39 is 0 Å². The Morgan fingerprint density at radius 2 is 1.84 bits per heavy atom. The Kier molecular flexibility index (Phi) is 4.86. The van der Waals surface area contributed by atoms with E-state index in [1.807, 2.05) is 24.3 Å². The van der Waals surface area contributed by atoms with Crippen LogP contribution < -0.4 is 4.74 Å². The molecule has 4 rings (SSSR count). The molecule has 0 N–H and O–H groups in total. The quantitative estimate of drug-likeness (QED) is 0.665. The molecule has 0 saturated carbocycles. The van der Waals surface area contributed by atoms with Crippen molar-refractivity contribution in [2.45, 2.75) is 25.5 Å². The van der Waals surface area contributed by atoms with Crippen molar-refractivity contribution in [1.29, 1.82) is 0 Å². The molecule has 128 valence electrons. The zero-order valence-electron chi connectivity index (χ0n) is 14.1. The summed E-state index contributed by atoms with van der Waals surface area (Å²) in [4.78, 5) is 6.88. The highest BCUT2D eigenvalue weighted by molar-refractivity contribution is 6.31. The predicted molar refractivity (Wildman–Crippen MR) is 102 cm³/mol. The van der Waals surface area contributed by atoms with Crippen molar-refractivity contribution in [3.8, 4) is 5.75 Å². The van der Waals surface area contributed by atoms with Crippen molar-refractivity contribution in [2.75, 3.05) is 13.1 Å². The summed E-state index contributed by atoms with van der Waals surface area (Å²) in [5.41, 5.74) is 2.25. The smallest absolute Gasteiger partial charge is 0.130 e. The average Bonchev–Trinajstić information content (AvgIpc) is 2.64. The number of halogens is 1. The van der Waals surface area contributed by atoms with E-state index in [1.54, 1.807) is 6.20 Å². The molecule has 0 spiro atoms. The van der Waals surface area contributed by atoms with Crippen LogP contribution in [0.1, 0.15) is 18.4 Å². The highest BCUT2D eigenvalue weighted by atomic mass is 35.5. The molecule has 1 aliphatic heterocycles. The molecule has 3 nitrogen and oxygen atoms in total. The zero-order chi connectivity index (χ0) is 17.1. The molecule has 25 heavy (non-hydrogen) atoms. The minimum atomic E-state index is 0.258. The van der Waals surface area contributed by atoms with Gasteiger partial charge in [-0.2, -0.15) is 0 Å². The van der Waals surface area contributed by atoms with Gasteiger partial charge in [0.05, 0.1) is 5.52 Å². The molecule has 2 heterocycles. The van der Waals surface area contributed by atoms with E-state index in [9.17, 15) is 0 Å². The Bertz CT molecular complexity index is 845. The molecule has 1 aromatic heterocycles. The average molecular weight is 353 g/mol. The van der Waals surface area contributed by atoms with E-state index in [2.05, 4.69) is 40.2 Å². The number of rotatable bonds is 4. The van der Waals surface area contributed by atoms with Crippen LogP contribution in [-0.2, 0) is 6.54 Å². The number of hydrogen-bond acceptors (Lipinski definition) is 3. The largest absolute Gasteiger partial charge is 0.490 e. The maximum atomic E-state index is 6.30. The topological polar surface area (TPSA) is 25.4 Å². The first-order valence-corrected chi connectivity index (χ1v) is 9.13. The molecular formula is C21H21ClN2O. The SMILES string of the molecule is Clc1ccc2c(OC3CCN(Cc4ccccc4)CC3)ccnc2c1. The molecule has 0 radical (unpaired) electrons. The van der Waals surface area contributed by atoms with E-state index in [0.717, 1.165) is 49.1 Å². The monoisotopic (exact) mass is 352 g/mol. The van der Waals surface area contributed by atoms with Gasteiger partial charge in [0.1, 0.15) is 11.9 Å². The third kappa shape index (κ3) is 3.94. The van der Waals surface area contributed by atoms with E-state index in [0.29, 0.717) is 5.02 Å². The lowest BCUT2D eigenvalue weighted by molar-refractivity contribution is 0.0979. The number of likely N-dealkylation sites (tertiary alicyclic amines) is 1. The molecule has 4 heteroatoms. The number of piperidine rings is 1. The molecular weight excluding hydrogens is 332 g/mol. The van der Waals surface area contributed by atoms with Crippen LogP contribution in [0.2, 0.25) is 5.02 Å². The fourth-order valence-electron chi connectivity index (χ4n) is 3.40. The van der Waals surface area contributed by atoms with Crippen LogP contribution in [0.25, 0.3) is 10.9 Å². The van der Waals surface area contributed by atoms with Gasteiger partial charge in [-0.15, -0.1) is 0 Å². The highest BCUT2D eigenvalue weighted by Crippen LogP contribution is 2.28. The standard InChI is InChI=1S/C21H21ClN2O/c22-17-6-7-19-20(14-17)23-11-8-21(19)25-18-9-12-24(13-10-18)15-16-4-2-1-3-5-16/h1-8,11,14,18H,9-10,12-13,15H2. The van der Waals surface area contributed by atoms with Crippen molar-refractivity contribution in [2.24, 2.45) is 0 Å². The molecule has 0 aliphatic carbocycles. The molecule has 1 fully saturated rings. The van der Waals surface area contributed by atoms with Gasteiger partial charge in [-0.25, -0.2) is 0 Å². The minimum Gasteiger partial charge on any atom is -0.490 e. The van der Waals surface area contributed by atoms with E-state index >= 15 is 0 Å². The van der Waals surface area contributed by atoms with Gasteiger partial charge in [0.2, 0.25) is 0 Å². The summed E-state index contributed by atoms with van der Waals surface area (Å²) in [6.07, 6.45) is 4.14. The normalized spacial score (nSPS) is 16.2. The van der Waals surface area contributed by atoms with Crippen LogP contribution in [-0.4, -0.2) is 29.1 Å². The van der Waals surface area contributed by atoms with Gasteiger partial charge in [0.25, 0.3) is 0 Å². The van der Waals surface area contributed by atoms with Crippen LogP contribution >= 0.6 is 11.6 Å². The highest BCUT2D eigenvalue weighted by Gasteiger charge is 2.21. The number of hydrogen-bond donors (Lipinski definition) is 0. The van der Waals surface area contributed by atoms with Crippen molar-refractivity contribution in [3.63, 3.8) is 0 Å². The lowest BCUT2D eigenvalue weighted by atomic mass is 10.1. The fraction of sp³-hybridized carbons (Fsp3) is 0.286. The maximum Gasteiger partial charge on any atom is 0.130 e. The first kappa shape index (κ1) is 16.4. The summed E-state index contributed by atoms with van der Waals surface area (Å²) in [5.74, 6) is 0.906. The molecule has 1 saturated heterocycles. The predicted octanol–water partition coefficient (Wildman–Crippen LogP) is 4.93. The molecule has 0 unspecified atom stereocenters. The van der Waals surface area contributed by atoms with Gasteiger partial charge in [0, 0.05) is 36.2 Å². The second-order valence-electron chi connectivity index (χ2n) is 6.55. The first-order valence-electron chi connectivity index (χ1n) is 8.75. The molecule has 0 amide bonds. The third-order valence-electron chi connectivity index (χ3n) is 4.74. The Hall–Kier alpha value is -2.10. The summed E-state index contributed by atoms with van der Waals surface area (Å²) in [6, 6.07) is 18.4. The maximum absolute atomic E-state index is 6.30. The summed E-state index contributed by atoms with van der Waals surface area (Å²) in [5, 5.41) is 1.73. The third-order valence-corrected chi connectivity index (χ3v) is 4.98. The van der Waals surface area contributed by atoms with Gasteiger partial charge in [0.15, 0.2) is 0 Å². The van der Waals surface area contributed by atoms with Gasteiger partial charge in [-0.05, 0) is 42.7 Å². The van der Waals surface area contributed by atoms with Gasteiger partial charge < -0.3 is 4.74 Å². The second-order valence-corrected chi connectivity index (χ2v) is 6.99. The van der Waals surface area contributed by atoms with Crippen LogP contribution in [0.4, 0.5) is 0 Å².